The molecule has 0 atom stereocenters. The molecule has 2 heteroatoms. The number of aryl methyl sites for hydroxylation is 2. The zero-order valence-electron chi connectivity index (χ0n) is 10.4. The van der Waals surface area contributed by atoms with E-state index < -0.39 is 0 Å². The van der Waals surface area contributed by atoms with E-state index in [0.717, 1.165) is 26.1 Å². The molecule has 0 radical (unpaired) electrons. The normalized spacial score (nSPS) is 10.6. The van der Waals surface area contributed by atoms with Gasteiger partial charge in [-0.15, -0.1) is 0 Å². The van der Waals surface area contributed by atoms with Gasteiger partial charge in [-0.3, -0.25) is 0 Å². The van der Waals surface area contributed by atoms with Crippen molar-refractivity contribution in [2.24, 2.45) is 0 Å². The molecule has 17 heavy (non-hydrogen) atoms. The molecule has 0 aliphatic carbocycles. The first kappa shape index (κ1) is 11.9. The van der Waals surface area contributed by atoms with Gasteiger partial charge in [0.1, 0.15) is 0 Å². The fourth-order valence-corrected chi connectivity index (χ4v) is 1.98. The third-order valence-corrected chi connectivity index (χ3v) is 2.96. The highest BCUT2D eigenvalue weighted by molar-refractivity contribution is 5.15. The molecule has 0 fully saturated rings. The summed E-state index contributed by atoms with van der Waals surface area (Å²) in [5, 5.41) is 3.37. The first-order valence-electron chi connectivity index (χ1n) is 6.29. The molecule has 0 saturated heterocycles. The third-order valence-electron chi connectivity index (χ3n) is 2.96. The van der Waals surface area contributed by atoms with Crippen LogP contribution in [-0.4, -0.2) is 11.1 Å². The topological polar surface area (TPSA) is 17.0 Å². The van der Waals surface area contributed by atoms with Gasteiger partial charge in [-0.25, -0.2) is 0 Å². The molecule has 1 aromatic heterocycles. The summed E-state index contributed by atoms with van der Waals surface area (Å²) in [5.41, 5.74) is 2.76. The maximum absolute atomic E-state index is 3.37. The van der Waals surface area contributed by atoms with Crippen molar-refractivity contribution in [2.45, 2.75) is 26.4 Å². The van der Waals surface area contributed by atoms with Crippen LogP contribution in [0.5, 0.6) is 0 Å². The molecule has 90 valence electrons. The lowest BCUT2D eigenvalue weighted by Crippen LogP contribution is -2.15. The van der Waals surface area contributed by atoms with Gasteiger partial charge in [0.15, 0.2) is 0 Å². The molecule has 0 aliphatic heterocycles. The molecule has 0 bridgehead atoms. The van der Waals surface area contributed by atoms with Crippen molar-refractivity contribution >= 4 is 0 Å². The standard InChI is InChI=1S/C15H20N2/c1-2-16-13-15-9-6-11-17(15)12-10-14-7-4-3-5-8-14/h3-9,11,16H,2,10,12-13H2,1H3. The van der Waals surface area contributed by atoms with E-state index in [1.54, 1.807) is 0 Å². The van der Waals surface area contributed by atoms with Gasteiger partial charge in [-0.05, 0) is 30.7 Å². The Balaban J connectivity index is 1.92. The highest BCUT2D eigenvalue weighted by Crippen LogP contribution is 2.06. The minimum atomic E-state index is 0.957. The van der Waals surface area contributed by atoms with Crippen molar-refractivity contribution in [3.63, 3.8) is 0 Å². The van der Waals surface area contributed by atoms with Crippen LogP contribution in [-0.2, 0) is 19.5 Å². The summed E-state index contributed by atoms with van der Waals surface area (Å²) in [6, 6.07) is 15.0. The van der Waals surface area contributed by atoms with E-state index in [-0.39, 0.29) is 0 Å². The zero-order chi connectivity index (χ0) is 11.9. The predicted molar refractivity (Wildman–Crippen MR) is 72.0 cm³/mol. The second kappa shape index (κ2) is 6.26. The second-order valence-corrected chi connectivity index (χ2v) is 4.21. The quantitative estimate of drug-likeness (QED) is 0.804. The lowest BCUT2D eigenvalue weighted by molar-refractivity contribution is 0.621. The van der Waals surface area contributed by atoms with Crippen molar-refractivity contribution in [3.8, 4) is 0 Å². The van der Waals surface area contributed by atoms with Crippen molar-refractivity contribution in [3.05, 3.63) is 59.9 Å². The summed E-state index contributed by atoms with van der Waals surface area (Å²) in [7, 11) is 0. The van der Waals surface area contributed by atoms with Gasteiger partial charge in [-0.1, -0.05) is 37.3 Å². The monoisotopic (exact) mass is 228 g/mol. The largest absolute Gasteiger partial charge is 0.350 e. The predicted octanol–water partition coefficient (Wildman–Crippen LogP) is 2.84. The van der Waals surface area contributed by atoms with Gasteiger partial charge >= 0.3 is 0 Å². The Morgan fingerprint density at radius 2 is 1.88 bits per heavy atom. The van der Waals surface area contributed by atoms with E-state index in [4.69, 9.17) is 0 Å². The van der Waals surface area contributed by atoms with Crippen LogP contribution in [0.15, 0.2) is 48.7 Å². The van der Waals surface area contributed by atoms with Crippen LogP contribution in [0.3, 0.4) is 0 Å². The average molecular weight is 228 g/mol. The van der Waals surface area contributed by atoms with Gasteiger partial charge in [0.05, 0.1) is 0 Å². The molecular formula is C15H20N2. The number of benzene rings is 1. The molecule has 1 heterocycles. The number of nitrogens with one attached hydrogen (secondary N) is 1. The number of rotatable bonds is 6. The van der Waals surface area contributed by atoms with Crippen molar-refractivity contribution in [1.82, 2.24) is 9.88 Å². The van der Waals surface area contributed by atoms with Crippen LogP contribution >= 0.6 is 0 Å². The Kier molecular flexibility index (Phi) is 4.39. The van der Waals surface area contributed by atoms with E-state index in [0.29, 0.717) is 0 Å². The second-order valence-electron chi connectivity index (χ2n) is 4.21. The molecule has 0 saturated carbocycles. The summed E-state index contributed by atoms with van der Waals surface area (Å²) in [6.45, 7) is 5.16. The minimum absolute atomic E-state index is 0.957. The molecular weight excluding hydrogens is 208 g/mol. The molecule has 2 aromatic rings. The first-order chi connectivity index (χ1) is 8.40. The minimum Gasteiger partial charge on any atom is -0.350 e. The van der Waals surface area contributed by atoms with Gasteiger partial charge in [-0.2, -0.15) is 0 Å². The zero-order valence-corrected chi connectivity index (χ0v) is 10.4. The van der Waals surface area contributed by atoms with E-state index in [2.05, 4.69) is 65.5 Å². The fraction of sp³-hybridized carbons (Fsp3) is 0.333. The molecule has 0 amide bonds. The van der Waals surface area contributed by atoms with Crippen molar-refractivity contribution < 1.29 is 0 Å². The Morgan fingerprint density at radius 3 is 2.65 bits per heavy atom. The van der Waals surface area contributed by atoms with Gasteiger partial charge in [0, 0.05) is 25.0 Å². The Hall–Kier alpha value is -1.54. The Labute approximate surface area is 103 Å². The smallest absolute Gasteiger partial charge is 0.0359 e. The molecule has 0 spiro atoms. The summed E-state index contributed by atoms with van der Waals surface area (Å²) in [4.78, 5) is 0. The van der Waals surface area contributed by atoms with Gasteiger partial charge < -0.3 is 9.88 Å². The van der Waals surface area contributed by atoms with Crippen LogP contribution in [0.25, 0.3) is 0 Å². The number of hydrogen-bond acceptors (Lipinski definition) is 1. The maximum Gasteiger partial charge on any atom is 0.0359 e. The fourth-order valence-electron chi connectivity index (χ4n) is 1.98. The van der Waals surface area contributed by atoms with Crippen LogP contribution in [0, 0.1) is 0 Å². The number of hydrogen-bond donors (Lipinski definition) is 1. The highest BCUT2D eigenvalue weighted by atomic mass is 15.0. The number of aromatic nitrogens is 1. The maximum atomic E-state index is 3.37. The summed E-state index contributed by atoms with van der Waals surface area (Å²) >= 11 is 0. The summed E-state index contributed by atoms with van der Waals surface area (Å²) < 4.78 is 2.33. The van der Waals surface area contributed by atoms with Crippen LogP contribution in [0.1, 0.15) is 18.2 Å². The van der Waals surface area contributed by atoms with Gasteiger partial charge in [0.2, 0.25) is 0 Å². The lowest BCUT2D eigenvalue weighted by atomic mass is 10.1. The Morgan fingerprint density at radius 1 is 1.06 bits per heavy atom. The molecule has 0 unspecified atom stereocenters. The Bertz CT molecular complexity index is 431. The SMILES string of the molecule is CCNCc1cccn1CCc1ccccc1. The third kappa shape index (κ3) is 3.46. The number of nitrogens with zero attached hydrogens (tertiary/aromatic N) is 1. The van der Waals surface area contributed by atoms with Crippen LogP contribution < -0.4 is 5.32 Å². The van der Waals surface area contributed by atoms with Gasteiger partial charge in [0.25, 0.3) is 0 Å². The lowest BCUT2D eigenvalue weighted by Gasteiger charge is -2.09. The summed E-state index contributed by atoms with van der Waals surface area (Å²) in [6.07, 6.45) is 3.25. The van der Waals surface area contributed by atoms with Crippen molar-refractivity contribution in [1.29, 1.82) is 0 Å². The summed E-state index contributed by atoms with van der Waals surface area (Å²) in [5.74, 6) is 0. The van der Waals surface area contributed by atoms with Crippen molar-refractivity contribution in [2.75, 3.05) is 6.54 Å². The van der Waals surface area contributed by atoms with E-state index >= 15 is 0 Å². The van der Waals surface area contributed by atoms with Crippen LogP contribution in [0.4, 0.5) is 0 Å². The average Bonchev–Trinajstić information content (AvgIpc) is 2.82. The first-order valence-corrected chi connectivity index (χ1v) is 6.29. The molecule has 2 nitrogen and oxygen atoms in total. The van der Waals surface area contributed by atoms with E-state index in [1.165, 1.54) is 11.3 Å². The van der Waals surface area contributed by atoms with Crippen LogP contribution in [0.2, 0.25) is 0 Å². The molecule has 0 aliphatic rings. The molecule has 1 N–H and O–H groups in total. The van der Waals surface area contributed by atoms with E-state index in [1.807, 2.05) is 0 Å². The molecule has 2 rings (SSSR count). The highest BCUT2D eigenvalue weighted by Gasteiger charge is 2.00. The van der Waals surface area contributed by atoms with E-state index in [9.17, 15) is 0 Å². The molecule has 1 aromatic carbocycles.